The minimum atomic E-state index is -0.301. The third-order valence-electron chi connectivity index (χ3n) is 2.65. The highest BCUT2D eigenvalue weighted by atomic mass is 16.6. The summed E-state index contributed by atoms with van der Waals surface area (Å²) in [6.07, 6.45) is 1.60. The topological polar surface area (TPSA) is 38.3 Å². The number of ether oxygens (including phenoxy) is 1. The first kappa shape index (κ1) is 10.0. The standard InChI is InChI=1S/C12H15NO2/c1-2-9-3-5-10(6-4-9)7-11-8-15-12(14)13-11/h3-6,11H,2,7-8H2,1H3,(H,13,14). The third-order valence-corrected chi connectivity index (χ3v) is 2.65. The minimum Gasteiger partial charge on any atom is -0.447 e. The van der Waals surface area contributed by atoms with Crippen LogP contribution in [0.15, 0.2) is 24.3 Å². The molecule has 1 aliphatic rings. The molecular formula is C12H15NO2. The molecule has 1 aliphatic heterocycles. The Hall–Kier alpha value is -1.51. The molecule has 3 nitrogen and oxygen atoms in total. The Bertz CT molecular complexity index is 345. The first-order valence-electron chi connectivity index (χ1n) is 5.29. The molecule has 1 unspecified atom stereocenters. The number of nitrogens with one attached hydrogen (secondary N) is 1. The fraction of sp³-hybridized carbons (Fsp3) is 0.417. The molecule has 1 saturated heterocycles. The van der Waals surface area contributed by atoms with E-state index in [1.165, 1.54) is 11.1 Å². The van der Waals surface area contributed by atoms with Gasteiger partial charge in [-0.1, -0.05) is 31.2 Å². The fourth-order valence-electron chi connectivity index (χ4n) is 1.73. The number of aryl methyl sites for hydroxylation is 1. The predicted molar refractivity (Wildman–Crippen MR) is 57.8 cm³/mol. The molecule has 1 aromatic carbocycles. The van der Waals surface area contributed by atoms with E-state index >= 15 is 0 Å². The van der Waals surface area contributed by atoms with E-state index in [4.69, 9.17) is 4.74 Å². The highest BCUT2D eigenvalue weighted by molar-refractivity contribution is 5.69. The summed E-state index contributed by atoms with van der Waals surface area (Å²) in [7, 11) is 0. The van der Waals surface area contributed by atoms with Crippen molar-refractivity contribution in [3.05, 3.63) is 35.4 Å². The van der Waals surface area contributed by atoms with Gasteiger partial charge in [0.2, 0.25) is 0 Å². The molecular weight excluding hydrogens is 190 g/mol. The van der Waals surface area contributed by atoms with Crippen molar-refractivity contribution in [2.75, 3.05) is 6.61 Å². The molecule has 0 aliphatic carbocycles. The first-order chi connectivity index (χ1) is 7.28. The van der Waals surface area contributed by atoms with Crippen molar-refractivity contribution in [3.63, 3.8) is 0 Å². The maximum absolute atomic E-state index is 10.8. The zero-order valence-electron chi connectivity index (χ0n) is 8.82. The second-order valence-electron chi connectivity index (χ2n) is 3.81. The Labute approximate surface area is 89.4 Å². The molecule has 2 rings (SSSR count). The van der Waals surface area contributed by atoms with Crippen LogP contribution in [-0.4, -0.2) is 18.7 Å². The molecule has 15 heavy (non-hydrogen) atoms. The predicted octanol–water partition coefficient (Wildman–Crippen LogP) is 1.90. The van der Waals surface area contributed by atoms with Crippen LogP contribution in [0.4, 0.5) is 4.79 Å². The first-order valence-corrected chi connectivity index (χ1v) is 5.29. The Kier molecular flexibility index (Phi) is 2.90. The largest absolute Gasteiger partial charge is 0.447 e. The molecule has 0 spiro atoms. The molecule has 0 radical (unpaired) electrons. The summed E-state index contributed by atoms with van der Waals surface area (Å²) in [5.41, 5.74) is 2.58. The van der Waals surface area contributed by atoms with Gasteiger partial charge in [0.25, 0.3) is 0 Å². The molecule has 3 heteroatoms. The van der Waals surface area contributed by atoms with Crippen LogP contribution in [0.5, 0.6) is 0 Å². The van der Waals surface area contributed by atoms with Gasteiger partial charge < -0.3 is 10.1 Å². The molecule has 0 aromatic heterocycles. The summed E-state index contributed by atoms with van der Waals surface area (Å²) >= 11 is 0. The number of hydrogen-bond donors (Lipinski definition) is 1. The van der Waals surface area contributed by atoms with Crippen molar-refractivity contribution < 1.29 is 9.53 Å². The van der Waals surface area contributed by atoms with Crippen molar-refractivity contribution in [1.82, 2.24) is 5.32 Å². The van der Waals surface area contributed by atoms with Gasteiger partial charge in [-0.3, -0.25) is 0 Å². The second kappa shape index (κ2) is 4.34. The average Bonchev–Trinajstić information content (AvgIpc) is 2.65. The lowest BCUT2D eigenvalue weighted by atomic mass is 10.0. The van der Waals surface area contributed by atoms with E-state index in [0.29, 0.717) is 6.61 Å². The highest BCUT2D eigenvalue weighted by Crippen LogP contribution is 2.10. The Morgan fingerprint density at radius 2 is 2.00 bits per heavy atom. The van der Waals surface area contributed by atoms with E-state index in [0.717, 1.165) is 12.8 Å². The van der Waals surface area contributed by atoms with E-state index < -0.39 is 0 Å². The maximum atomic E-state index is 10.8. The summed E-state index contributed by atoms with van der Waals surface area (Å²) in [6, 6.07) is 8.62. The molecule has 1 atom stereocenters. The number of carbonyl (C=O) groups excluding carboxylic acids is 1. The monoisotopic (exact) mass is 205 g/mol. The van der Waals surface area contributed by atoms with Gasteiger partial charge >= 0.3 is 6.09 Å². The third kappa shape index (κ3) is 2.49. The Morgan fingerprint density at radius 1 is 1.33 bits per heavy atom. The number of benzene rings is 1. The molecule has 0 bridgehead atoms. The average molecular weight is 205 g/mol. The van der Waals surface area contributed by atoms with Crippen molar-refractivity contribution in [1.29, 1.82) is 0 Å². The van der Waals surface area contributed by atoms with Crippen molar-refractivity contribution >= 4 is 6.09 Å². The molecule has 1 aromatic rings. The van der Waals surface area contributed by atoms with Crippen LogP contribution in [0.25, 0.3) is 0 Å². The van der Waals surface area contributed by atoms with Gasteiger partial charge in [-0.15, -0.1) is 0 Å². The quantitative estimate of drug-likeness (QED) is 0.818. The van der Waals surface area contributed by atoms with Crippen LogP contribution in [0.1, 0.15) is 18.1 Å². The molecule has 0 saturated carbocycles. The van der Waals surface area contributed by atoms with Crippen LogP contribution in [0.3, 0.4) is 0 Å². The van der Waals surface area contributed by atoms with Crippen molar-refractivity contribution in [3.8, 4) is 0 Å². The Balaban J connectivity index is 1.96. The normalized spacial score (nSPS) is 19.8. The number of rotatable bonds is 3. The van der Waals surface area contributed by atoms with E-state index in [9.17, 15) is 4.79 Å². The van der Waals surface area contributed by atoms with Gasteiger partial charge in [-0.25, -0.2) is 4.79 Å². The lowest BCUT2D eigenvalue weighted by Crippen LogP contribution is -2.28. The van der Waals surface area contributed by atoms with Crippen LogP contribution in [0, 0.1) is 0 Å². The fourth-order valence-corrected chi connectivity index (χ4v) is 1.73. The number of cyclic esters (lactones) is 1. The number of alkyl carbamates (subject to hydrolysis) is 1. The van der Waals surface area contributed by atoms with Crippen LogP contribution in [0.2, 0.25) is 0 Å². The SMILES string of the molecule is CCc1ccc(CC2COC(=O)N2)cc1. The zero-order valence-corrected chi connectivity index (χ0v) is 8.82. The summed E-state index contributed by atoms with van der Waals surface area (Å²) in [6.45, 7) is 2.62. The zero-order chi connectivity index (χ0) is 10.7. The van der Waals surface area contributed by atoms with Crippen LogP contribution >= 0.6 is 0 Å². The summed E-state index contributed by atoms with van der Waals surface area (Å²) in [5, 5.41) is 2.77. The van der Waals surface area contributed by atoms with E-state index in [1.54, 1.807) is 0 Å². The van der Waals surface area contributed by atoms with Gasteiger partial charge in [0.15, 0.2) is 0 Å². The minimum absolute atomic E-state index is 0.130. The van der Waals surface area contributed by atoms with E-state index in [1.807, 2.05) is 0 Å². The van der Waals surface area contributed by atoms with Gasteiger partial charge in [-0.2, -0.15) is 0 Å². The molecule has 1 amide bonds. The van der Waals surface area contributed by atoms with Crippen LogP contribution in [-0.2, 0) is 17.6 Å². The molecule has 1 N–H and O–H groups in total. The molecule has 80 valence electrons. The summed E-state index contributed by atoms with van der Waals surface area (Å²) in [5.74, 6) is 0. The maximum Gasteiger partial charge on any atom is 0.407 e. The number of carbonyl (C=O) groups is 1. The van der Waals surface area contributed by atoms with E-state index in [2.05, 4.69) is 36.5 Å². The van der Waals surface area contributed by atoms with Gasteiger partial charge in [0, 0.05) is 0 Å². The summed E-state index contributed by atoms with van der Waals surface area (Å²) in [4.78, 5) is 10.8. The smallest absolute Gasteiger partial charge is 0.407 e. The van der Waals surface area contributed by atoms with Crippen molar-refractivity contribution in [2.24, 2.45) is 0 Å². The molecule has 1 heterocycles. The number of amides is 1. The number of hydrogen-bond acceptors (Lipinski definition) is 2. The van der Waals surface area contributed by atoms with Crippen LogP contribution < -0.4 is 5.32 Å². The lowest BCUT2D eigenvalue weighted by Gasteiger charge is -2.07. The summed E-state index contributed by atoms with van der Waals surface area (Å²) < 4.78 is 4.83. The lowest BCUT2D eigenvalue weighted by molar-refractivity contribution is 0.177. The Morgan fingerprint density at radius 3 is 2.53 bits per heavy atom. The van der Waals surface area contributed by atoms with Gasteiger partial charge in [-0.05, 0) is 24.0 Å². The molecule has 1 fully saturated rings. The second-order valence-corrected chi connectivity index (χ2v) is 3.81. The van der Waals surface area contributed by atoms with Gasteiger partial charge in [0.1, 0.15) is 6.61 Å². The van der Waals surface area contributed by atoms with Gasteiger partial charge in [0.05, 0.1) is 6.04 Å². The van der Waals surface area contributed by atoms with Crippen molar-refractivity contribution in [2.45, 2.75) is 25.8 Å². The highest BCUT2D eigenvalue weighted by Gasteiger charge is 2.21. The van der Waals surface area contributed by atoms with E-state index in [-0.39, 0.29) is 12.1 Å².